The lowest BCUT2D eigenvalue weighted by atomic mass is 9.95. The Morgan fingerprint density at radius 2 is 1.76 bits per heavy atom. The third-order valence-electron chi connectivity index (χ3n) is 5.64. The van der Waals surface area contributed by atoms with Crippen molar-refractivity contribution in [2.24, 2.45) is 0 Å². The lowest BCUT2D eigenvalue weighted by Gasteiger charge is -2.20. The third kappa shape index (κ3) is 4.67. The second kappa shape index (κ2) is 9.80. The van der Waals surface area contributed by atoms with Crippen LogP contribution in [-0.2, 0) is 21.2 Å². The summed E-state index contributed by atoms with van der Waals surface area (Å²) < 4.78 is 49.1. The van der Waals surface area contributed by atoms with E-state index >= 15 is 0 Å². The van der Waals surface area contributed by atoms with Crippen molar-refractivity contribution in [3.05, 3.63) is 51.2 Å². The molecule has 0 aliphatic heterocycles. The maximum Gasteiger partial charge on any atom is 0.341 e. The molecule has 0 spiro atoms. The van der Waals surface area contributed by atoms with Gasteiger partial charge in [-0.05, 0) is 60.7 Å². The third-order valence-corrected chi connectivity index (χ3v) is 7.05. The number of esters is 1. The molecule has 33 heavy (non-hydrogen) atoms. The lowest BCUT2D eigenvalue weighted by molar-refractivity contribution is 0.0599. The van der Waals surface area contributed by atoms with Gasteiger partial charge in [0.15, 0.2) is 16.9 Å². The first-order valence-corrected chi connectivity index (χ1v) is 11.9. The van der Waals surface area contributed by atoms with Crippen molar-refractivity contribution in [1.82, 2.24) is 4.72 Å². The summed E-state index contributed by atoms with van der Waals surface area (Å²) in [6.45, 7) is 1.54. The normalized spacial score (nSPS) is 15.0. The highest BCUT2D eigenvalue weighted by Crippen LogP contribution is 2.50. The van der Waals surface area contributed by atoms with Gasteiger partial charge in [0.1, 0.15) is 5.56 Å². The van der Waals surface area contributed by atoms with E-state index in [1.165, 1.54) is 47.5 Å². The van der Waals surface area contributed by atoms with Gasteiger partial charge in [-0.3, -0.25) is 4.79 Å². The van der Waals surface area contributed by atoms with Crippen LogP contribution in [0.5, 0.6) is 17.2 Å². The molecule has 9 nitrogen and oxygen atoms in total. The summed E-state index contributed by atoms with van der Waals surface area (Å²) in [6, 6.07) is 5.34. The van der Waals surface area contributed by atoms with Crippen LogP contribution in [0.4, 0.5) is 0 Å². The number of hydrogen-bond acceptors (Lipinski definition) is 8. The average Bonchev–Trinajstić information content (AvgIpc) is 3.06. The predicted molar refractivity (Wildman–Crippen MR) is 123 cm³/mol. The van der Waals surface area contributed by atoms with Gasteiger partial charge >= 0.3 is 5.97 Å². The zero-order chi connectivity index (χ0) is 24.3. The monoisotopic (exact) mass is 477 g/mol. The molecule has 0 aromatic heterocycles. The van der Waals surface area contributed by atoms with Crippen molar-refractivity contribution in [3.8, 4) is 28.4 Å². The van der Waals surface area contributed by atoms with E-state index in [0.29, 0.717) is 46.8 Å². The van der Waals surface area contributed by atoms with Crippen LogP contribution in [0.3, 0.4) is 0 Å². The van der Waals surface area contributed by atoms with Gasteiger partial charge in [-0.2, -0.15) is 0 Å². The number of rotatable bonds is 7. The highest BCUT2D eigenvalue weighted by Gasteiger charge is 2.31. The Labute approximate surface area is 192 Å². The van der Waals surface area contributed by atoms with Gasteiger partial charge in [0, 0.05) is 11.6 Å². The van der Waals surface area contributed by atoms with Crippen molar-refractivity contribution in [1.29, 1.82) is 0 Å². The predicted octanol–water partition coefficient (Wildman–Crippen LogP) is 2.45. The first-order valence-electron chi connectivity index (χ1n) is 10.3. The van der Waals surface area contributed by atoms with Gasteiger partial charge in [0.05, 0.1) is 34.2 Å². The summed E-state index contributed by atoms with van der Waals surface area (Å²) >= 11 is 0. The van der Waals surface area contributed by atoms with E-state index in [1.54, 1.807) is 6.07 Å². The first-order chi connectivity index (χ1) is 15.7. The molecule has 0 saturated carbocycles. The zero-order valence-corrected chi connectivity index (χ0v) is 20.0. The van der Waals surface area contributed by atoms with Gasteiger partial charge in [0.25, 0.3) is 0 Å². The quantitative estimate of drug-likeness (QED) is 0.605. The summed E-state index contributed by atoms with van der Waals surface area (Å²) in [5, 5.41) is 0. The lowest BCUT2D eigenvalue weighted by Crippen LogP contribution is -2.30. The molecule has 0 unspecified atom stereocenters. The highest BCUT2D eigenvalue weighted by molar-refractivity contribution is 7.89. The van der Waals surface area contributed by atoms with Gasteiger partial charge in [-0.25, -0.2) is 17.9 Å². The number of sulfonamides is 1. The van der Waals surface area contributed by atoms with Crippen molar-refractivity contribution in [2.75, 3.05) is 34.2 Å². The Balaban J connectivity index is 2.44. The fraction of sp³-hybridized carbons (Fsp3) is 0.391. The van der Waals surface area contributed by atoms with Crippen molar-refractivity contribution in [2.45, 2.75) is 25.8 Å². The molecular weight excluding hydrogens is 450 g/mol. The van der Waals surface area contributed by atoms with E-state index in [0.717, 1.165) is 5.56 Å². The minimum absolute atomic E-state index is 0.119. The highest BCUT2D eigenvalue weighted by atomic mass is 32.2. The van der Waals surface area contributed by atoms with E-state index in [4.69, 9.17) is 18.9 Å². The first kappa shape index (κ1) is 24.5. The molecule has 2 aromatic rings. The van der Waals surface area contributed by atoms with E-state index in [-0.39, 0.29) is 11.3 Å². The standard InChI is InChI=1S/C23H27NO8S/c1-6-33(27,28)24-17-9-7-13-11-19(29-2)21(30-3)22(31-4)20(13)14-8-10-18(25)16(12-15(14)17)23(26)32-5/h8,10-12,17,24H,6-7,9H2,1-5H3/t17-/m0/s1. The van der Waals surface area contributed by atoms with Crippen LogP contribution < -0.4 is 24.4 Å². The van der Waals surface area contributed by atoms with Crippen molar-refractivity contribution >= 4 is 16.0 Å². The Morgan fingerprint density at radius 1 is 1.06 bits per heavy atom. The molecule has 0 heterocycles. The summed E-state index contributed by atoms with van der Waals surface area (Å²) in [5.41, 5.74) is 1.71. The van der Waals surface area contributed by atoms with Crippen LogP contribution in [0.1, 0.15) is 40.9 Å². The number of methoxy groups -OCH3 is 4. The second-order valence-corrected chi connectivity index (χ2v) is 9.45. The van der Waals surface area contributed by atoms with E-state index in [2.05, 4.69) is 4.72 Å². The molecule has 3 rings (SSSR count). The van der Waals surface area contributed by atoms with Crippen LogP contribution in [0.25, 0.3) is 11.1 Å². The number of carbonyl (C=O) groups excluding carboxylic acids is 1. The van der Waals surface area contributed by atoms with Crippen LogP contribution in [-0.4, -0.2) is 48.6 Å². The molecular formula is C23H27NO8S. The molecule has 0 fully saturated rings. The molecule has 0 saturated heterocycles. The Hall–Kier alpha value is -3.11. The van der Waals surface area contributed by atoms with Crippen LogP contribution >= 0.6 is 0 Å². The van der Waals surface area contributed by atoms with E-state index < -0.39 is 27.5 Å². The number of benzene rings is 1. The summed E-state index contributed by atoms with van der Waals surface area (Å²) in [7, 11) is 2.06. The van der Waals surface area contributed by atoms with Crippen molar-refractivity contribution in [3.63, 3.8) is 0 Å². The molecule has 0 bridgehead atoms. The minimum Gasteiger partial charge on any atom is -0.493 e. The van der Waals surface area contributed by atoms with Crippen LogP contribution in [0.2, 0.25) is 0 Å². The summed E-state index contributed by atoms with van der Waals surface area (Å²) in [4.78, 5) is 25.0. The van der Waals surface area contributed by atoms with E-state index in [9.17, 15) is 18.0 Å². The van der Waals surface area contributed by atoms with Crippen LogP contribution in [0.15, 0.2) is 29.1 Å². The van der Waals surface area contributed by atoms with Crippen molar-refractivity contribution < 1.29 is 32.2 Å². The number of nitrogens with one attached hydrogen (secondary N) is 1. The minimum atomic E-state index is -3.60. The molecule has 1 N–H and O–H groups in total. The average molecular weight is 478 g/mol. The number of ether oxygens (including phenoxy) is 4. The Bertz CT molecular complexity index is 1240. The molecule has 1 aliphatic rings. The molecule has 1 aliphatic carbocycles. The van der Waals surface area contributed by atoms with Crippen LogP contribution in [0, 0.1) is 0 Å². The smallest absolute Gasteiger partial charge is 0.341 e. The largest absolute Gasteiger partial charge is 0.493 e. The fourth-order valence-electron chi connectivity index (χ4n) is 4.01. The van der Waals surface area contributed by atoms with Gasteiger partial charge in [-0.1, -0.05) is 0 Å². The van der Waals surface area contributed by atoms with E-state index in [1.807, 2.05) is 6.07 Å². The fourth-order valence-corrected chi connectivity index (χ4v) is 4.86. The maximum atomic E-state index is 12.7. The molecule has 0 radical (unpaired) electrons. The van der Waals surface area contributed by atoms with Gasteiger partial charge in [0.2, 0.25) is 15.8 Å². The number of fused-ring (bicyclic) bond motifs is 3. The summed E-state index contributed by atoms with van der Waals surface area (Å²) in [6.07, 6.45) is 0.843. The molecule has 178 valence electrons. The maximum absolute atomic E-state index is 12.7. The molecule has 2 aromatic carbocycles. The van der Waals surface area contributed by atoms with Gasteiger partial charge in [-0.15, -0.1) is 0 Å². The second-order valence-electron chi connectivity index (χ2n) is 7.41. The molecule has 10 heteroatoms. The van der Waals surface area contributed by atoms with Gasteiger partial charge < -0.3 is 18.9 Å². The SMILES string of the molecule is CCS(=O)(=O)N[C@H]1CCc2cc(OC)c(OC)c(OC)c2-c2ccc(=O)c(C(=O)OC)cc21. The summed E-state index contributed by atoms with van der Waals surface area (Å²) in [5.74, 6) is 0.276. The number of hydrogen-bond donors (Lipinski definition) is 1. The Kier molecular flexibility index (Phi) is 7.28. The zero-order valence-electron chi connectivity index (χ0n) is 19.2. The Morgan fingerprint density at radius 3 is 2.33 bits per heavy atom. The number of carbonyl (C=O) groups is 1. The topological polar surface area (TPSA) is 117 Å². The number of aryl methyl sites for hydroxylation is 1. The molecule has 0 amide bonds. The molecule has 1 atom stereocenters.